The maximum atomic E-state index is 12.7. The monoisotopic (exact) mass is 460 g/mol. The average Bonchev–Trinajstić information content (AvgIpc) is 3.10. The lowest BCUT2D eigenvalue weighted by Gasteiger charge is -2.19. The third-order valence-corrected chi connectivity index (χ3v) is 5.67. The molecule has 0 unspecified atom stereocenters. The number of hydrogen-bond acceptors (Lipinski definition) is 3. The molecular formula is C21H21BrN2O3S. The second-order valence-corrected chi connectivity index (χ2v) is 7.95. The minimum atomic E-state index is -1.06. The highest BCUT2D eigenvalue weighted by molar-refractivity contribution is 9.10. The highest BCUT2D eigenvalue weighted by Gasteiger charge is 2.26. The van der Waals surface area contributed by atoms with E-state index in [0.29, 0.717) is 12.2 Å². The van der Waals surface area contributed by atoms with E-state index in [1.54, 1.807) is 6.20 Å². The Bertz CT molecular complexity index is 971. The molecule has 3 rings (SSSR count). The summed E-state index contributed by atoms with van der Waals surface area (Å²) in [5, 5.41) is 13.3. The summed E-state index contributed by atoms with van der Waals surface area (Å²) in [4.78, 5) is 27.6. The number of nitrogens with one attached hydrogen (secondary N) is 2. The SMILES string of the molecule is O=C(N[C@@H](Cc1c[nH]c2ccccc12)C(=O)O)[C@H](CS)Cc1ccc(Br)cc1. The summed E-state index contributed by atoms with van der Waals surface area (Å²) < 4.78 is 0.966. The molecule has 2 atom stereocenters. The fourth-order valence-electron chi connectivity index (χ4n) is 3.16. The number of fused-ring (bicyclic) bond motifs is 1. The molecule has 28 heavy (non-hydrogen) atoms. The molecule has 3 aromatic rings. The van der Waals surface area contributed by atoms with Crippen molar-refractivity contribution >= 4 is 51.3 Å². The number of aromatic nitrogens is 1. The summed E-state index contributed by atoms with van der Waals surface area (Å²) in [6.07, 6.45) is 2.51. The first kappa shape index (κ1) is 20.5. The Morgan fingerprint density at radius 2 is 1.82 bits per heavy atom. The molecule has 7 heteroatoms. The molecule has 0 saturated carbocycles. The number of aliphatic carboxylic acids is 1. The first-order valence-electron chi connectivity index (χ1n) is 8.91. The van der Waals surface area contributed by atoms with Crippen molar-refractivity contribution in [3.63, 3.8) is 0 Å². The third kappa shape index (κ3) is 4.97. The minimum Gasteiger partial charge on any atom is -0.480 e. The minimum absolute atomic E-state index is 0.211. The number of halogens is 1. The number of benzene rings is 2. The van der Waals surface area contributed by atoms with Crippen LogP contribution in [0.25, 0.3) is 10.9 Å². The number of carboxylic acids is 1. The van der Waals surface area contributed by atoms with Gasteiger partial charge in [-0.15, -0.1) is 0 Å². The number of carboxylic acid groups (broad SMARTS) is 1. The molecule has 0 fully saturated rings. The summed E-state index contributed by atoms with van der Waals surface area (Å²) in [6, 6.07) is 14.4. The molecule has 1 heterocycles. The summed E-state index contributed by atoms with van der Waals surface area (Å²) in [5.41, 5.74) is 2.80. The van der Waals surface area contributed by atoms with Gasteiger partial charge in [0.15, 0.2) is 0 Å². The maximum Gasteiger partial charge on any atom is 0.326 e. The van der Waals surface area contributed by atoms with Gasteiger partial charge in [0, 0.05) is 33.7 Å². The van der Waals surface area contributed by atoms with Gasteiger partial charge in [-0.05, 0) is 35.7 Å². The molecule has 2 aromatic carbocycles. The number of rotatable bonds is 8. The van der Waals surface area contributed by atoms with Crippen LogP contribution in [0.2, 0.25) is 0 Å². The fourth-order valence-corrected chi connectivity index (χ4v) is 3.71. The van der Waals surface area contributed by atoms with Crippen molar-refractivity contribution in [2.45, 2.75) is 18.9 Å². The Morgan fingerprint density at radius 1 is 1.11 bits per heavy atom. The van der Waals surface area contributed by atoms with Gasteiger partial charge in [-0.1, -0.05) is 46.3 Å². The Kier molecular flexibility index (Phi) is 6.80. The van der Waals surface area contributed by atoms with Gasteiger partial charge in [0.2, 0.25) is 5.91 Å². The van der Waals surface area contributed by atoms with Gasteiger partial charge in [-0.25, -0.2) is 4.79 Å². The average molecular weight is 461 g/mol. The van der Waals surface area contributed by atoms with Crippen LogP contribution in [-0.4, -0.2) is 33.8 Å². The molecule has 0 bridgehead atoms. The zero-order chi connectivity index (χ0) is 20.1. The van der Waals surface area contributed by atoms with E-state index in [9.17, 15) is 14.7 Å². The van der Waals surface area contributed by atoms with Crippen LogP contribution in [-0.2, 0) is 22.4 Å². The van der Waals surface area contributed by atoms with Crippen LogP contribution < -0.4 is 5.32 Å². The lowest BCUT2D eigenvalue weighted by Crippen LogP contribution is -2.45. The quantitative estimate of drug-likeness (QED) is 0.385. The molecule has 0 spiro atoms. The fraction of sp³-hybridized carbons (Fsp3) is 0.238. The van der Waals surface area contributed by atoms with Crippen molar-refractivity contribution in [2.24, 2.45) is 5.92 Å². The first-order valence-corrected chi connectivity index (χ1v) is 10.3. The van der Waals surface area contributed by atoms with Crippen molar-refractivity contribution in [1.29, 1.82) is 0 Å². The number of H-pyrrole nitrogens is 1. The van der Waals surface area contributed by atoms with Crippen molar-refractivity contribution in [3.05, 3.63) is 70.3 Å². The van der Waals surface area contributed by atoms with E-state index < -0.39 is 17.9 Å². The summed E-state index contributed by atoms with van der Waals surface area (Å²) >= 11 is 7.68. The van der Waals surface area contributed by atoms with E-state index in [-0.39, 0.29) is 12.3 Å². The number of para-hydroxylation sites is 1. The zero-order valence-corrected chi connectivity index (χ0v) is 17.5. The standard InChI is InChI=1S/C21H21BrN2O3S/c22-16-7-5-13(6-8-16)9-15(12-28)20(25)24-19(21(26)27)10-14-11-23-18-4-2-1-3-17(14)18/h1-8,11,15,19,23,28H,9-10,12H2,(H,24,25)(H,26,27)/t15-,19-/m0/s1. The van der Waals surface area contributed by atoms with Crippen molar-refractivity contribution < 1.29 is 14.7 Å². The maximum absolute atomic E-state index is 12.7. The largest absolute Gasteiger partial charge is 0.480 e. The van der Waals surface area contributed by atoms with E-state index in [1.165, 1.54) is 0 Å². The van der Waals surface area contributed by atoms with E-state index in [4.69, 9.17) is 0 Å². The van der Waals surface area contributed by atoms with Gasteiger partial charge in [0.1, 0.15) is 6.04 Å². The van der Waals surface area contributed by atoms with E-state index >= 15 is 0 Å². The van der Waals surface area contributed by atoms with Gasteiger partial charge in [-0.3, -0.25) is 4.79 Å². The molecule has 0 aliphatic rings. The number of thiol groups is 1. The lowest BCUT2D eigenvalue weighted by atomic mass is 9.99. The molecule has 5 nitrogen and oxygen atoms in total. The Hall–Kier alpha value is -2.25. The number of hydrogen-bond donors (Lipinski definition) is 4. The van der Waals surface area contributed by atoms with E-state index in [1.807, 2.05) is 48.5 Å². The van der Waals surface area contributed by atoms with Crippen LogP contribution >= 0.6 is 28.6 Å². The Balaban J connectivity index is 1.70. The predicted octanol–water partition coefficient (Wildman–Crippen LogP) is 3.83. The van der Waals surface area contributed by atoms with E-state index in [0.717, 1.165) is 26.5 Å². The molecule has 3 N–H and O–H groups in total. The smallest absolute Gasteiger partial charge is 0.326 e. The van der Waals surface area contributed by atoms with Gasteiger partial charge < -0.3 is 15.4 Å². The van der Waals surface area contributed by atoms with Crippen LogP contribution in [0.15, 0.2) is 59.2 Å². The lowest BCUT2D eigenvalue weighted by molar-refractivity contribution is -0.142. The summed E-state index contributed by atoms with van der Waals surface area (Å²) in [6.45, 7) is 0. The molecule has 146 valence electrons. The summed E-state index contributed by atoms with van der Waals surface area (Å²) in [7, 11) is 0. The molecule has 0 saturated heterocycles. The van der Waals surface area contributed by atoms with Crippen LogP contribution in [0, 0.1) is 5.92 Å². The third-order valence-electron chi connectivity index (χ3n) is 4.70. The van der Waals surface area contributed by atoms with Crippen molar-refractivity contribution in [2.75, 3.05) is 5.75 Å². The van der Waals surface area contributed by atoms with Crippen LogP contribution in [0.5, 0.6) is 0 Å². The molecule has 1 aromatic heterocycles. The molecule has 0 aliphatic heterocycles. The molecular weight excluding hydrogens is 440 g/mol. The first-order chi connectivity index (χ1) is 13.5. The Morgan fingerprint density at radius 3 is 2.50 bits per heavy atom. The topological polar surface area (TPSA) is 82.2 Å². The molecule has 0 radical (unpaired) electrons. The van der Waals surface area contributed by atoms with Crippen LogP contribution in [0.1, 0.15) is 11.1 Å². The van der Waals surface area contributed by atoms with E-state index in [2.05, 4.69) is 38.9 Å². The van der Waals surface area contributed by atoms with Gasteiger partial charge >= 0.3 is 5.97 Å². The number of aromatic amines is 1. The van der Waals surface area contributed by atoms with Gasteiger partial charge in [0.05, 0.1) is 5.92 Å². The Labute approximate surface area is 177 Å². The second kappa shape index (κ2) is 9.30. The molecule has 0 aliphatic carbocycles. The highest BCUT2D eigenvalue weighted by atomic mass is 79.9. The zero-order valence-electron chi connectivity index (χ0n) is 15.1. The van der Waals surface area contributed by atoms with Crippen LogP contribution in [0.4, 0.5) is 0 Å². The van der Waals surface area contributed by atoms with Gasteiger partial charge in [0.25, 0.3) is 0 Å². The van der Waals surface area contributed by atoms with Crippen LogP contribution in [0.3, 0.4) is 0 Å². The predicted molar refractivity (Wildman–Crippen MR) is 117 cm³/mol. The van der Waals surface area contributed by atoms with Crippen molar-refractivity contribution in [1.82, 2.24) is 10.3 Å². The molecule has 1 amide bonds. The van der Waals surface area contributed by atoms with Crippen molar-refractivity contribution in [3.8, 4) is 0 Å². The van der Waals surface area contributed by atoms with Gasteiger partial charge in [-0.2, -0.15) is 12.6 Å². The number of carbonyl (C=O) groups is 2. The normalized spacial score (nSPS) is 13.2. The highest BCUT2D eigenvalue weighted by Crippen LogP contribution is 2.20. The summed E-state index contributed by atoms with van der Waals surface area (Å²) in [5.74, 6) is -1.43. The second-order valence-electron chi connectivity index (χ2n) is 6.67. The number of amides is 1. The number of carbonyl (C=O) groups excluding carboxylic acids is 1.